The maximum atomic E-state index is 11.8. The van der Waals surface area contributed by atoms with Crippen molar-refractivity contribution in [2.24, 2.45) is 5.73 Å². The second-order valence-corrected chi connectivity index (χ2v) is 4.23. The van der Waals surface area contributed by atoms with Crippen LogP contribution in [0, 0.1) is 0 Å². The third-order valence-corrected chi connectivity index (χ3v) is 2.56. The normalized spacial score (nSPS) is 11.6. The fraction of sp³-hybridized carbons (Fsp3) is 0.500. The summed E-state index contributed by atoms with van der Waals surface area (Å²) in [4.78, 5) is 0. The van der Waals surface area contributed by atoms with Crippen molar-refractivity contribution in [2.45, 2.75) is 19.1 Å². The van der Waals surface area contributed by atoms with Gasteiger partial charge in [-0.2, -0.15) is 13.2 Å². The van der Waals surface area contributed by atoms with Gasteiger partial charge in [-0.3, -0.25) is 0 Å². The molecule has 0 aliphatic heterocycles. The van der Waals surface area contributed by atoms with E-state index in [0.717, 1.165) is 5.56 Å². The SMILES string of the molecule is NCc1ccc(OCCCOCC(F)(F)F)cc1Cl. The zero-order valence-corrected chi connectivity index (χ0v) is 10.9. The van der Waals surface area contributed by atoms with Crippen LogP contribution in [0.3, 0.4) is 0 Å². The highest BCUT2D eigenvalue weighted by Gasteiger charge is 2.27. The minimum Gasteiger partial charge on any atom is -0.493 e. The third kappa shape index (κ3) is 6.66. The van der Waals surface area contributed by atoms with Crippen LogP contribution >= 0.6 is 11.6 Å². The molecule has 0 saturated heterocycles. The molecular formula is C12H15ClF3NO2. The van der Waals surface area contributed by atoms with E-state index in [1.54, 1.807) is 18.2 Å². The molecule has 0 spiro atoms. The van der Waals surface area contributed by atoms with Crippen LogP contribution in [0.15, 0.2) is 18.2 Å². The molecule has 1 aromatic rings. The molecule has 108 valence electrons. The molecule has 0 saturated carbocycles. The highest BCUT2D eigenvalue weighted by Crippen LogP contribution is 2.22. The Morgan fingerprint density at radius 2 is 1.95 bits per heavy atom. The zero-order valence-electron chi connectivity index (χ0n) is 10.2. The molecule has 0 bridgehead atoms. The lowest BCUT2D eigenvalue weighted by atomic mass is 10.2. The highest BCUT2D eigenvalue weighted by atomic mass is 35.5. The average Bonchev–Trinajstić information content (AvgIpc) is 2.32. The number of ether oxygens (including phenoxy) is 2. The second-order valence-electron chi connectivity index (χ2n) is 3.83. The summed E-state index contributed by atoms with van der Waals surface area (Å²) >= 11 is 5.93. The summed E-state index contributed by atoms with van der Waals surface area (Å²) in [5, 5.41) is 0.508. The Morgan fingerprint density at radius 3 is 2.53 bits per heavy atom. The largest absolute Gasteiger partial charge is 0.493 e. The van der Waals surface area contributed by atoms with Crippen molar-refractivity contribution in [3.63, 3.8) is 0 Å². The third-order valence-electron chi connectivity index (χ3n) is 2.21. The lowest BCUT2D eigenvalue weighted by molar-refractivity contribution is -0.174. The standard InChI is InChI=1S/C12H15ClF3NO2/c13-11-6-10(3-2-9(11)7-17)19-5-1-4-18-8-12(14,15)16/h2-3,6H,1,4-5,7-8,17H2. The van der Waals surface area contributed by atoms with E-state index in [1.165, 1.54) is 0 Å². The smallest absolute Gasteiger partial charge is 0.411 e. The van der Waals surface area contributed by atoms with Crippen molar-refractivity contribution in [1.82, 2.24) is 0 Å². The number of halogens is 4. The number of hydrogen-bond acceptors (Lipinski definition) is 3. The Labute approximate surface area is 114 Å². The molecule has 7 heteroatoms. The predicted molar refractivity (Wildman–Crippen MR) is 66.3 cm³/mol. The summed E-state index contributed by atoms with van der Waals surface area (Å²) in [6.07, 6.45) is -3.92. The first kappa shape index (κ1) is 16.1. The van der Waals surface area contributed by atoms with Crippen molar-refractivity contribution >= 4 is 11.6 Å². The topological polar surface area (TPSA) is 44.5 Å². The monoisotopic (exact) mass is 297 g/mol. The van der Waals surface area contributed by atoms with Gasteiger partial charge >= 0.3 is 6.18 Å². The fourth-order valence-corrected chi connectivity index (χ4v) is 1.57. The minimum atomic E-state index is -4.29. The van der Waals surface area contributed by atoms with Gasteiger partial charge in [0.05, 0.1) is 13.2 Å². The molecule has 0 fully saturated rings. The van der Waals surface area contributed by atoms with Gasteiger partial charge in [0, 0.05) is 18.0 Å². The van der Waals surface area contributed by atoms with Gasteiger partial charge in [0.15, 0.2) is 0 Å². The molecular weight excluding hydrogens is 283 g/mol. The first-order valence-electron chi connectivity index (χ1n) is 5.68. The molecule has 0 aliphatic rings. The molecule has 0 aliphatic carbocycles. The lowest BCUT2D eigenvalue weighted by Crippen LogP contribution is -2.18. The maximum absolute atomic E-state index is 11.8. The van der Waals surface area contributed by atoms with Gasteiger partial charge < -0.3 is 15.2 Å². The van der Waals surface area contributed by atoms with Crippen LogP contribution < -0.4 is 10.5 Å². The Balaban J connectivity index is 2.21. The Morgan fingerprint density at radius 1 is 1.21 bits per heavy atom. The molecule has 0 unspecified atom stereocenters. The van der Waals surface area contributed by atoms with Crippen LogP contribution in [0.25, 0.3) is 0 Å². The van der Waals surface area contributed by atoms with Crippen LogP contribution in [0.1, 0.15) is 12.0 Å². The van der Waals surface area contributed by atoms with Gasteiger partial charge in [-0.05, 0) is 17.7 Å². The second kappa shape index (κ2) is 7.57. The Kier molecular flexibility index (Phi) is 6.41. The van der Waals surface area contributed by atoms with E-state index in [1.807, 2.05) is 0 Å². The van der Waals surface area contributed by atoms with E-state index >= 15 is 0 Å². The molecule has 0 radical (unpaired) electrons. The Hall–Kier alpha value is -0.980. The van der Waals surface area contributed by atoms with Crippen molar-refractivity contribution in [2.75, 3.05) is 19.8 Å². The van der Waals surface area contributed by atoms with Crippen LogP contribution in [0.5, 0.6) is 5.75 Å². The highest BCUT2D eigenvalue weighted by molar-refractivity contribution is 6.31. The summed E-state index contributed by atoms with van der Waals surface area (Å²) in [7, 11) is 0. The quantitative estimate of drug-likeness (QED) is 0.786. The molecule has 1 rings (SSSR count). The zero-order chi connectivity index (χ0) is 14.3. The Bertz CT molecular complexity index is 399. The number of rotatable bonds is 7. The summed E-state index contributed by atoms with van der Waals surface area (Å²) in [5.41, 5.74) is 6.27. The van der Waals surface area contributed by atoms with Crippen LogP contribution in [-0.2, 0) is 11.3 Å². The van der Waals surface area contributed by atoms with E-state index in [2.05, 4.69) is 4.74 Å². The molecule has 3 nitrogen and oxygen atoms in total. The van der Waals surface area contributed by atoms with Gasteiger partial charge in [-0.15, -0.1) is 0 Å². The van der Waals surface area contributed by atoms with Crippen molar-refractivity contribution in [3.05, 3.63) is 28.8 Å². The van der Waals surface area contributed by atoms with E-state index in [-0.39, 0.29) is 13.2 Å². The predicted octanol–water partition coefficient (Wildman–Crippen LogP) is 3.15. The summed E-state index contributed by atoms with van der Waals surface area (Å²) in [6, 6.07) is 5.09. The number of benzene rings is 1. The summed E-state index contributed by atoms with van der Waals surface area (Å²) in [6.45, 7) is -0.640. The number of nitrogens with two attached hydrogens (primary N) is 1. The van der Waals surface area contributed by atoms with E-state index < -0.39 is 12.8 Å². The van der Waals surface area contributed by atoms with Crippen LogP contribution in [0.4, 0.5) is 13.2 Å². The first-order valence-corrected chi connectivity index (χ1v) is 6.06. The minimum absolute atomic E-state index is 0.00583. The van der Waals surface area contributed by atoms with E-state index in [4.69, 9.17) is 22.1 Å². The summed E-state index contributed by atoms with van der Waals surface area (Å²) < 4.78 is 45.1. The molecule has 19 heavy (non-hydrogen) atoms. The first-order chi connectivity index (χ1) is 8.92. The molecule has 0 amide bonds. The number of hydrogen-bond donors (Lipinski definition) is 1. The maximum Gasteiger partial charge on any atom is 0.411 e. The van der Waals surface area contributed by atoms with Gasteiger partial charge in [-0.25, -0.2) is 0 Å². The van der Waals surface area contributed by atoms with Crippen LogP contribution in [-0.4, -0.2) is 26.0 Å². The van der Waals surface area contributed by atoms with Crippen molar-refractivity contribution in [3.8, 4) is 5.75 Å². The fourth-order valence-electron chi connectivity index (χ4n) is 1.32. The van der Waals surface area contributed by atoms with Crippen molar-refractivity contribution < 1.29 is 22.6 Å². The molecule has 1 aromatic carbocycles. The molecule has 2 N–H and O–H groups in total. The molecule has 0 atom stereocenters. The van der Waals surface area contributed by atoms with Gasteiger partial charge in [0.25, 0.3) is 0 Å². The molecule has 0 heterocycles. The number of alkyl halides is 3. The van der Waals surface area contributed by atoms with Gasteiger partial charge in [0.2, 0.25) is 0 Å². The lowest BCUT2D eigenvalue weighted by Gasteiger charge is -2.09. The van der Waals surface area contributed by atoms with E-state index in [9.17, 15) is 13.2 Å². The van der Waals surface area contributed by atoms with Gasteiger partial charge in [0.1, 0.15) is 12.4 Å². The molecule has 0 aromatic heterocycles. The van der Waals surface area contributed by atoms with Crippen molar-refractivity contribution in [1.29, 1.82) is 0 Å². The summed E-state index contributed by atoms with van der Waals surface area (Å²) in [5.74, 6) is 0.554. The average molecular weight is 298 g/mol. The van der Waals surface area contributed by atoms with Gasteiger partial charge in [-0.1, -0.05) is 17.7 Å². The van der Waals surface area contributed by atoms with E-state index in [0.29, 0.717) is 23.7 Å². The van der Waals surface area contributed by atoms with Crippen LogP contribution in [0.2, 0.25) is 5.02 Å².